The Kier molecular flexibility index (Phi) is 6.64. The number of amides is 4. The molecule has 0 bridgehead atoms. The maximum absolute atomic E-state index is 12.4. The summed E-state index contributed by atoms with van der Waals surface area (Å²) in [6.45, 7) is 2.37. The summed E-state index contributed by atoms with van der Waals surface area (Å²) in [6, 6.07) is 6.58. The molecule has 0 atom stereocenters. The maximum atomic E-state index is 12.4. The van der Waals surface area contributed by atoms with Gasteiger partial charge in [0.1, 0.15) is 24.8 Å². The SMILES string of the molecule is CCCCOc1ccccc1N(CN1C(=O)CN(C)C1=O)C(=O)CCl. The molecular weight excluding hydrogens is 346 g/mol. The Morgan fingerprint density at radius 1 is 1.32 bits per heavy atom. The summed E-state index contributed by atoms with van der Waals surface area (Å²) in [5, 5.41) is 0. The first-order valence-corrected chi connectivity index (χ1v) is 8.66. The number of benzene rings is 1. The molecule has 1 aromatic rings. The number of nitrogens with zero attached hydrogens (tertiary/aromatic N) is 3. The standard InChI is InChI=1S/C17H22ClN3O4/c1-3-4-9-25-14-8-6-5-7-13(14)20(15(22)10-18)12-21-16(23)11-19(2)17(21)24/h5-8H,3-4,9-12H2,1-2H3. The fraction of sp³-hybridized carbons (Fsp3) is 0.471. The zero-order valence-electron chi connectivity index (χ0n) is 14.4. The molecule has 8 heteroatoms. The third kappa shape index (κ3) is 4.42. The van der Waals surface area contributed by atoms with Crippen LogP contribution in [0.3, 0.4) is 0 Å². The third-order valence-electron chi connectivity index (χ3n) is 3.84. The first-order chi connectivity index (χ1) is 12.0. The van der Waals surface area contributed by atoms with Gasteiger partial charge in [0.05, 0.1) is 12.3 Å². The molecule has 0 saturated carbocycles. The van der Waals surface area contributed by atoms with Gasteiger partial charge in [-0.2, -0.15) is 0 Å². The van der Waals surface area contributed by atoms with E-state index in [1.807, 2.05) is 0 Å². The van der Waals surface area contributed by atoms with Crippen LogP contribution < -0.4 is 9.64 Å². The second-order valence-corrected chi connectivity index (χ2v) is 5.99. The number of urea groups is 1. The largest absolute Gasteiger partial charge is 0.491 e. The van der Waals surface area contributed by atoms with Crippen molar-refractivity contribution in [3.05, 3.63) is 24.3 Å². The number of likely N-dealkylation sites (N-methyl/N-ethyl adjacent to an activating group) is 1. The number of ether oxygens (including phenoxy) is 1. The van der Waals surface area contributed by atoms with Crippen LogP contribution in [-0.2, 0) is 9.59 Å². The quantitative estimate of drug-likeness (QED) is 0.401. The summed E-state index contributed by atoms with van der Waals surface area (Å²) >= 11 is 5.73. The van der Waals surface area contributed by atoms with Gasteiger partial charge < -0.3 is 9.64 Å². The number of alkyl halides is 1. The summed E-state index contributed by atoms with van der Waals surface area (Å²) in [5.41, 5.74) is 0.486. The molecule has 0 radical (unpaired) electrons. The normalized spacial score (nSPS) is 14.2. The van der Waals surface area contributed by atoms with Crippen molar-refractivity contribution in [2.75, 3.05) is 37.6 Å². The van der Waals surface area contributed by atoms with Gasteiger partial charge in [-0.3, -0.25) is 14.5 Å². The van der Waals surface area contributed by atoms with Crippen molar-refractivity contribution in [3.63, 3.8) is 0 Å². The zero-order chi connectivity index (χ0) is 18.4. The van der Waals surface area contributed by atoms with E-state index in [0.717, 1.165) is 17.7 Å². The summed E-state index contributed by atoms with van der Waals surface area (Å²) in [4.78, 5) is 40.1. The van der Waals surface area contributed by atoms with E-state index < -0.39 is 11.9 Å². The van der Waals surface area contributed by atoms with Crippen LogP contribution in [0.5, 0.6) is 5.75 Å². The maximum Gasteiger partial charge on any atom is 0.328 e. The molecule has 1 saturated heterocycles. The monoisotopic (exact) mass is 367 g/mol. The Morgan fingerprint density at radius 2 is 2.04 bits per heavy atom. The highest BCUT2D eigenvalue weighted by atomic mass is 35.5. The van der Waals surface area contributed by atoms with Crippen LogP contribution in [0.25, 0.3) is 0 Å². The predicted octanol–water partition coefficient (Wildman–Crippen LogP) is 2.29. The zero-order valence-corrected chi connectivity index (χ0v) is 15.2. The molecule has 1 aliphatic rings. The van der Waals surface area contributed by atoms with E-state index in [4.69, 9.17) is 16.3 Å². The second-order valence-electron chi connectivity index (χ2n) is 5.73. The number of halogens is 1. The van der Waals surface area contributed by atoms with Gasteiger partial charge >= 0.3 is 6.03 Å². The van der Waals surface area contributed by atoms with Crippen molar-refractivity contribution in [2.45, 2.75) is 19.8 Å². The van der Waals surface area contributed by atoms with Crippen LogP contribution >= 0.6 is 11.6 Å². The van der Waals surface area contributed by atoms with Crippen LogP contribution in [-0.4, -0.2) is 60.4 Å². The number of unbranched alkanes of at least 4 members (excludes halogenated alkanes) is 1. The predicted molar refractivity (Wildman–Crippen MR) is 94.8 cm³/mol. The van der Waals surface area contributed by atoms with Crippen LogP contribution in [0.4, 0.5) is 10.5 Å². The fourth-order valence-corrected chi connectivity index (χ4v) is 2.58. The van der Waals surface area contributed by atoms with Crippen molar-refractivity contribution >= 4 is 35.1 Å². The minimum atomic E-state index is -0.443. The van der Waals surface area contributed by atoms with Crippen molar-refractivity contribution in [1.82, 2.24) is 9.80 Å². The first-order valence-electron chi connectivity index (χ1n) is 8.13. The molecule has 0 aromatic heterocycles. The van der Waals surface area contributed by atoms with Crippen molar-refractivity contribution in [1.29, 1.82) is 0 Å². The number of hydrogen-bond donors (Lipinski definition) is 0. The van der Waals surface area contributed by atoms with E-state index in [1.165, 1.54) is 16.8 Å². The highest BCUT2D eigenvalue weighted by molar-refractivity contribution is 6.29. The number of carbonyl (C=O) groups is 3. The number of imide groups is 1. The lowest BCUT2D eigenvalue weighted by atomic mass is 10.2. The van der Waals surface area contributed by atoms with Gasteiger partial charge in [0, 0.05) is 7.05 Å². The van der Waals surface area contributed by atoms with E-state index in [0.29, 0.717) is 18.0 Å². The number of anilines is 1. The van der Waals surface area contributed by atoms with Gasteiger partial charge in [-0.05, 0) is 18.6 Å². The van der Waals surface area contributed by atoms with Crippen molar-refractivity contribution < 1.29 is 19.1 Å². The molecule has 1 fully saturated rings. The summed E-state index contributed by atoms with van der Waals surface area (Å²) in [6.07, 6.45) is 1.86. The highest BCUT2D eigenvalue weighted by Gasteiger charge is 2.36. The van der Waals surface area contributed by atoms with E-state index in [2.05, 4.69) is 6.92 Å². The van der Waals surface area contributed by atoms with Crippen LogP contribution in [0.2, 0.25) is 0 Å². The Hall–Kier alpha value is -2.28. The molecule has 25 heavy (non-hydrogen) atoms. The van der Waals surface area contributed by atoms with Gasteiger partial charge in [0.15, 0.2) is 0 Å². The van der Waals surface area contributed by atoms with Crippen LogP contribution in [0, 0.1) is 0 Å². The molecule has 0 unspecified atom stereocenters. The summed E-state index contributed by atoms with van der Waals surface area (Å²) < 4.78 is 5.76. The van der Waals surface area contributed by atoms with Crippen molar-refractivity contribution in [3.8, 4) is 5.75 Å². The van der Waals surface area contributed by atoms with E-state index in [-0.39, 0.29) is 25.0 Å². The highest BCUT2D eigenvalue weighted by Crippen LogP contribution is 2.29. The molecule has 7 nitrogen and oxygen atoms in total. The van der Waals surface area contributed by atoms with Gasteiger partial charge in [0.25, 0.3) is 5.91 Å². The smallest absolute Gasteiger partial charge is 0.328 e. The Labute approximate surface area is 152 Å². The van der Waals surface area contributed by atoms with Crippen LogP contribution in [0.1, 0.15) is 19.8 Å². The van der Waals surface area contributed by atoms with Gasteiger partial charge in [-0.1, -0.05) is 25.5 Å². The van der Waals surface area contributed by atoms with E-state index in [1.54, 1.807) is 24.3 Å². The Bertz CT molecular complexity index is 653. The molecule has 0 aliphatic carbocycles. The molecule has 1 heterocycles. The van der Waals surface area contributed by atoms with Crippen molar-refractivity contribution in [2.24, 2.45) is 0 Å². The van der Waals surface area contributed by atoms with Gasteiger partial charge in [-0.25, -0.2) is 9.69 Å². The Balaban J connectivity index is 2.28. The average molecular weight is 368 g/mol. The lowest BCUT2D eigenvalue weighted by Crippen LogP contribution is -2.45. The molecular formula is C17H22ClN3O4. The molecule has 1 aromatic carbocycles. The number of hydrogen-bond acceptors (Lipinski definition) is 4. The molecule has 0 N–H and O–H groups in total. The molecule has 1 aliphatic heterocycles. The summed E-state index contributed by atoms with van der Waals surface area (Å²) in [5.74, 6) is -0.524. The number of para-hydroxylation sites is 2. The topological polar surface area (TPSA) is 70.2 Å². The van der Waals surface area contributed by atoms with E-state index >= 15 is 0 Å². The molecule has 0 spiro atoms. The Morgan fingerprint density at radius 3 is 2.64 bits per heavy atom. The van der Waals surface area contributed by atoms with E-state index in [9.17, 15) is 14.4 Å². The lowest BCUT2D eigenvalue weighted by molar-refractivity contribution is -0.125. The second kappa shape index (κ2) is 8.71. The fourth-order valence-electron chi connectivity index (χ4n) is 2.44. The third-order valence-corrected chi connectivity index (χ3v) is 4.07. The molecule has 4 amide bonds. The minimum absolute atomic E-state index is 0.00359. The van der Waals surface area contributed by atoms with Gasteiger partial charge in [0.2, 0.25) is 5.91 Å². The average Bonchev–Trinajstić information content (AvgIpc) is 2.85. The summed E-state index contributed by atoms with van der Waals surface area (Å²) in [7, 11) is 1.54. The first kappa shape index (κ1) is 19.1. The number of rotatable bonds is 8. The van der Waals surface area contributed by atoms with Crippen LogP contribution in [0.15, 0.2) is 24.3 Å². The van der Waals surface area contributed by atoms with Gasteiger partial charge in [-0.15, -0.1) is 11.6 Å². The number of carbonyl (C=O) groups excluding carboxylic acids is 3. The minimum Gasteiger partial charge on any atom is -0.491 e. The molecule has 2 rings (SSSR count). The lowest BCUT2D eigenvalue weighted by Gasteiger charge is -2.27. The molecule has 136 valence electrons.